The van der Waals surface area contributed by atoms with Gasteiger partial charge in [-0.1, -0.05) is 26.3 Å². The molecule has 104 valence electrons. The highest BCUT2D eigenvalue weighted by molar-refractivity contribution is 6.74. The number of hydrogen-bond acceptors (Lipinski definition) is 1. The lowest BCUT2D eigenvalue weighted by Gasteiger charge is -2.38. The van der Waals surface area contributed by atoms with Crippen LogP contribution in [-0.4, -0.2) is 14.4 Å². The van der Waals surface area contributed by atoms with Crippen molar-refractivity contribution in [1.82, 2.24) is 0 Å². The molecule has 18 heavy (non-hydrogen) atoms. The van der Waals surface area contributed by atoms with Crippen LogP contribution in [0.3, 0.4) is 0 Å². The molecule has 0 fully saturated rings. The predicted molar refractivity (Wildman–Crippen MR) is 84.4 cm³/mol. The molecule has 0 saturated carbocycles. The van der Waals surface area contributed by atoms with Crippen LogP contribution < -0.4 is 0 Å². The Morgan fingerprint density at radius 3 is 2.11 bits per heavy atom. The van der Waals surface area contributed by atoms with Gasteiger partial charge < -0.3 is 4.43 Å². The van der Waals surface area contributed by atoms with Crippen molar-refractivity contribution in [1.29, 1.82) is 0 Å². The minimum atomic E-state index is -1.73. The van der Waals surface area contributed by atoms with E-state index < -0.39 is 8.32 Å². The highest BCUT2D eigenvalue weighted by atomic mass is 28.4. The summed E-state index contributed by atoms with van der Waals surface area (Å²) in [5.74, 6) is 0. The van der Waals surface area contributed by atoms with Crippen molar-refractivity contribution in [2.24, 2.45) is 0 Å². The molecule has 0 rings (SSSR count). The fraction of sp³-hybridized carbons (Fsp3) is 0.688. The minimum Gasteiger partial charge on any atom is -0.410 e. The molecule has 0 aliphatic heterocycles. The Morgan fingerprint density at radius 1 is 1.28 bits per heavy atom. The summed E-state index contributed by atoms with van der Waals surface area (Å²) < 4.78 is 6.41. The van der Waals surface area contributed by atoms with Gasteiger partial charge in [-0.05, 0) is 57.0 Å². The first kappa shape index (κ1) is 17.4. The van der Waals surface area contributed by atoms with Crippen LogP contribution in [-0.2, 0) is 4.43 Å². The van der Waals surface area contributed by atoms with Crippen LogP contribution in [0.1, 0.15) is 48.0 Å². The average Bonchev–Trinajstić information content (AvgIpc) is 2.10. The molecule has 0 aliphatic rings. The number of hydrogen-bond donors (Lipinski definition) is 0. The molecule has 0 spiro atoms. The lowest BCUT2D eigenvalue weighted by Crippen LogP contribution is -2.43. The second-order valence-electron chi connectivity index (χ2n) is 6.89. The van der Waals surface area contributed by atoms with Gasteiger partial charge in [0.1, 0.15) is 0 Å². The van der Waals surface area contributed by atoms with E-state index >= 15 is 0 Å². The Hall–Kier alpha value is -0.563. The van der Waals surface area contributed by atoms with Crippen LogP contribution in [0, 0.1) is 0 Å². The SMILES string of the molecule is C=C(C)CC(C=C=C(C)C)O[Si](C)(C)C(C)(C)C. The molecule has 1 atom stereocenters. The molecule has 0 aromatic heterocycles. The summed E-state index contributed by atoms with van der Waals surface area (Å²) in [6, 6.07) is 0. The van der Waals surface area contributed by atoms with E-state index in [9.17, 15) is 0 Å². The first-order chi connectivity index (χ1) is 7.95. The standard InChI is InChI=1S/C16H30OSi/c1-13(2)10-11-15(12-14(3)4)17-18(8,9)16(5,6)7/h11,15H,3,12H2,1-2,4-9H3. The van der Waals surface area contributed by atoms with E-state index in [0.717, 1.165) is 12.0 Å². The summed E-state index contributed by atoms with van der Waals surface area (Å²) in [5, 5.41) is 0.235. The molecule has 0 bridgehead atoms. The van der Waals surface area contributed by atoms with Crippen molar-refractivity contribution in [3.8, 4) is 0 Å². The van der Waals surface area contributed by atoms with Crippen LogP contribution in [0.5, 0.6) is 0 Å². The van der Waals surface area contributed by atoms with E-state index in [2.05, 4.69) is 73.0 Å². The third-order valence-electron chi connectivity index (χ3n) is 3.36. The van der Waals surface area contributed by atoms with E-state index in [1.165, 1.54) is 5.57 Å². The van der Waals surface area contributed by atoms with Gasteiger partial charge in [0, 0.05) is 0 Å². The lowest BCUT2D eigenvalue weighted by molar-refractivity contribution is 0.225. The van der Waals surface area contributed by atoms with Gasteiger partial charge in [0.05, 0.1) is 6.10 Å². The van der Waals surface area contributed by atoms with Gasteiger partial charge in [0.2, 0.25) is 0 Å². The first-order valence-electron chi connectivity index (χ1n) is 6.68. The zero-order valence-electron chi connectivity index (χ0n) is 13.5. The summed E-state index contributed by atoms with van der Waals surface area (Å²) in [7, 11) is -1.73. The molecule has 0 radical (unpaired) electrons. The highest BCUT2D eigenvalue weighted by Gasteiger charge is 2.38. The molecular formula is C16H30OSi. The third kappa shape index (κ3) is 6.39. The van der Waals surface area contributed by atoms with Crippen molar-refractivity contribution >= 4 is 8.32 Å². The van der Waals surface area contributed by atoms with E-state index in [1.54, 1.807) is 0 Å². The van der Waals surface area contributed by atoms with E-state index in [0.29, 0.717) is 0 Å². The maximum Gasteiger partial charge on any atom is 0.192 e. The molecule has 0 aromatic rings. The molecule has 0 amide bonds. The largest absolute Gasteiger partial charge is 0.410 e. The van der Waals surface area contributed by atoms with Crippen LogP contribution in [0.2, 0.25) is 18.1 Å². The normalized spacial score (nSPS) is 13.8. The highest BCUT2D eigenvalue weighted by Crippen LogP contribution is 2.37. The second kappa shape index (κ2) is 6.56. The van der Waals surface area contributed by atoms with Gasteiger partial charge in [0.15, 0.2) is 8.32 Å². The Balaban J connectivity index is 5.02. The van der Waals surface area contributed by atoms with E-state index in [-0.39, 0.29) is 11.1 Å². The molecule has 0 aliphatic carbocycles. The predicted octanol–water partition coefficient (Wildman–Crippen LogP) is 5.46. The lowest BCUT2D eigenvalue weighted by atomic mass is 10.1. The van der Waals surface area contributed by atoms with Crippen molar-refractivity contribution in [3.05, 3.63) is 29.5 Å². The Labute approximate surface area is 115 Å². The van der Waals surface area contributed by atoms with Gasteiger partial charge in [-0.15, -0.1) is 12.3 Å². The Bertz CT molecular complexity index is 348. The van der Waals surface area contributed by atoms with Gasteiger partial charge >= 0.3 is 0 Å². The summed E-state index contributed by atoms with van der Waals surface area (Å²) in [4.78, 5) is 0. The zero-order valence-corrected chi connectivity index (χ0v) is 14.5. The summed E-state index contributed by atoms with van der Waals surface area (Å²) >= 11 is 0. The van der Waals surface area contributed by atoms with Crippen molar-refractivity contribution in [3.63, 3.8) is 0 Å². The van der Waals surface area contributed by atoms with Crippen molar-refractivity contribution in [2.75, 3.05) is 0 Å². The van der Waals surface area contributed by atoms with Crippen LogP contribution in [0.4, 0.5) is 0 Å². The average molecular weight is 267 g/mol. The van der Waals surface area contributed by atoms with Crippen molar-refractivity contribution in [2.45, 2.75) is 72.2 Å². The van der Waals surface area contributed by atoms with Crippen molar-refractivity contribution < 1.29 is 4.43 Å². The molecule has 0 aromatic carbocycles. The molecule has 0 saturated heterocycles. The van der Waals surface area contributed by atoms with E-state index in [4.69, 9.17) is 4.43 Å². The summed E-state index contributed by atoms with van der Waals surface area (Å²) in [6.45, 7) is 21.5. The Morgan fingerprint density at radius 2 is 1.78 bits per heavy atom. The molecule has 2 heteroatoms. The maximum absolute atomic E-state index is 6.41. The third-order valence-corrected chi connectivity index (χ3v) is 7.86. The monoisotopic (exact) mass is 266 g/mol. The fourth-order valence-electron chi connectivity index (χ4n) is 1.29. The molecule has 1 unspecified atom stereocenters. The molecule has 1 nitrogen and oxygen atoms in total. The molecular weight excluding hydrogens is 236 g/mol. The smallest absolute Gasteiger partial charge is 0.192 e. The van der Waals surface area contributed by atoms with Crippen LogP contribution in [0.25, 0.3) is 0 Å². The van der Waals surface area contributed by atoms with Crippen LogP contribution in [0.15, 0.2) is 29.5 Å². The topological polar surface area (TPSA) is 9.23 Å². The quantitative estimate of drug-likeness (QED) is 0.364. The first-order valence-corrected chi connectivity index (χ1v) is 9.59. The van der Waals surface area contributed by atoms with Gasteiger partial charge in [0.25, 0.3) is 0 Å². The summed E-state index contributed by atoms with van der Waals surface area (Å²) in [6.07, 6.45) is 3.05. The second-order valence-corrected chi connectivity index (χ2v) is 11.6. The molecule has 0 heterocycles. The molecule has 0 N–H and O–H groups in total. The fourth-order valence-corrected chi connectivity index (χ4v) is 2.55. The van der Waals surface area contributed by atoms with Gasteiger partial charge in [-0.25, -0.2) is 0 Å². The van der Waals surface area contributed by atoms with E-state index in [1.807, 2.05) is 0 Å². The Kier molecular flexibility index (Phi) is 6.35. The van der Waals surface area contributed by atoms with Crippen LogP contribution >= 0.6 is 0 Å². The number of rotatable bonds is 5. The summed E-state index contributed by atoms with van der Waals surface area (Å²) in [5.41, 5.74) is 5.61. The van der Waals surface area contributed by atoms with Gasteiger partial charge in [-0.3, -0.25) is 0 Å². The van der Waals surface area contributed by atoms with Gasteiger partial charge in [-0.2, -0.15) is 0 Å². The minimum absolute atomic E-state index is 0.110. The zero-order chi connectivity index (χ0) is 14.6. The maximum atomic E-state index is 6.41.